The van der Waals surface area contributed by atoms with Crippen LogP contribution < -0.4 is 20.9 Å². The molecule has 0 saturated carbocycles. The van der Waals surface area contributed by atoms with Crippen molar-refractivity contribution >= 4 is 17.5 Å². The van der Waals surface area contributed by atoms with E-state index in [0.717, 1.165) is 27.8 Å². The number of carbonyl (C=O) groups excluding carboxylic acids is 2. The number of carbonyl (C=O) groups is 2. The molecule has 0 aliphatic carbocycles. The molecule has 2 amide bonds. The number of aromatic nitrogens is 2. The van der Waals surface area contributed by atoms with Crippen molar-refractivity contribution in [2.45, 2.75) is 32.9 Å². The zero-order chi connectivity index (χ0) is 30.8. The van der Waals surface area contributed by atoms with Crippen LogP contribution in [-0.4, -0.2) is 53.0 Å². The minimum absolute atomic E-state index is 0.00239. The Morgan fingerprint density at radius 1 is 1.12 bits per heavy atom. The summed E-state index contributed by atoms with van der Waals surface area (Å²) in [5.74, 6) is -0.488. The fraction of sp³-hybridized carbons (Fsp3) is 0.273. The maximum atomic E-state index is 15.6. The Morgan fingerprint density at radius 2 is 1.81 bits per heavy atom. The van der Waals surface area contributed by atoms with Crippen molar-refractivity contribution in [3.63, 3.8) is 0 Å². The average molecular weight is 584 g/mol. The topological polar surface area (TPSA) is 106 Å². The SMILES string of the molecule is COc1cc(-c2cccc(-c3cccc(NC(=O)c4cncn(C)c4=O)c3C)c2C)cc(F)c1CN(C)C1CNC(=O)C1. The van der Waals surface area contributed by atoms with Crippen molar-refractivity contribution in [3.05, 3.63) is 99.5 Å². The van der Waals surface area contributed by atoms with Crippen molar-refractivity contribution in [2.75, 3.05) is 26.0 Å². The van der Waals surface area contributed by atoms with Gasteiger partial charge in [-0.2, -0.15) is 0 Å². The Labute approximate surface area is 249 Å². The first kappa shape index (κ1) is 29.7. The summed E-state index contributed by atoms with van der Waals surface area (Å²) in [6.45, 7) is 4.72. The van der Waals surface area contributed by atoms with Gasteiger partial charge >= 0.3 is 0 Å². The normalized spacial score (nSPS) is 14.6. The minimum atomic E-state index is -0.538. The van der Waals surface area contributed by atoms with Gasteiger partial charge in [-0.05, 0) is 72.5 Å². The van der Waals surface area contributed by atoms with Crippen LogP contribution in [0.5, 0.6) is 5.75 Å². The van der Waals surface area contributed by atoms with E-state index in [9.17, 15) is 14.4 Å². The third-order valence-electron chi connectivity index (χ3n) is 8.12. The van der Waals surface area contributed by atoms with Crippen LogP contribution in [0.2, 0.25) is 0 Å². The fourth-order valence-corrected chi connectivity index (χ4v) is 5.54. The van der Waals surface area contributed by atoms with Gasteiger partial charge in [0.2, 0.25) is 5.91 Å². The van der Waals surface area contributed by atoms with Crippen LogP contribution in [0.15, 0.2) is 65.8 Å². The van der Waals surface area contributed by atoms with Crippen molar-refractivity contribution in [2.24, 2.45) is 7.05 Å². The van der Waals surface area contributed by atoms with E-state index in [4.69, 9.17) is 4.74 Å². The van der Waals surface area contributed by atoms with Crippen molar-refractivity contribution in [3.8, 4) is 28.0 Å². The van der Waals surface area contributed by atoms with E-state index in [1.165, 1.54) is 30.3 Å². The molecule has 1 atom stereocenters. The fourth-order valence-electron chi connectivity index (χ4n) is 5.54. The summed E-state index contributed by atoms with van der Waals surface area (Å²) in [6, 6.07) is 14.8. The lowest BCUT2D eigenvalue weighted by Gasteiger charge is -2.24. The molecule has 0 spiro atoms. The summed E-state index contributed by atoms with van der Waals surface area (Å²) in [7, 11) is 4.94. The summed E-state index contributed by atoms with van der Waals surface area (Å²) < 4.78 is 22.5. The van der Waals surface area contributed by atoms with E-state index in [-0.39, 0.29) is 23.3 Å². The van der Waals surface area contributed by atoms with Crippen LogP contribution in [-0.2, 0) is 18.4 Å². The van der Waals surface area contributed by atoms with E-state index < -0.39 is 11.5 Å². The van der Waals surface area contributed by atoms with E-state index >= 15 is 4.39 Å². The number of likely N-dealkylation sites (N-methyl/N-ethyl adjacent to an activating group) is 1. The molecule has 0 bridgehead atoms. The Balaban J connectivity index is 1.46. The number of nitrogens with zero attached hydrogens (tertiary/aromatic N) is 3. The molecule has 1 aliphatic heterocycles. The molecule has 5 rings (SSSR count). The molecule has 9 nitrogen and oxygen atoms in total. The van der Waals surface area contributed by atoms with Crippen LogP contribution in [0.4, 0.5) is 10.1 Å². The Hall–Kier alpha value is -4.83. The second-order valence-electron chi connectivity index (χ2n) is 10.8. The highest BCUT2D eigenvalue weighted by molar-refractivity contribution is 6.04. The molecular weight excluding hydrogens is 549 g/mol. The predicted octanol–water partition coefficient (Wildman–Crippen LogP) is 4.45. The smallest absolute Gasteiger partial charge is 0.265 e. The third-order valence-corrected chi connectivity index (χ3v) is 8.12. The molecule has 4 aromatic rings. The zero-order valence-corrected chi connectivity index (χ0v) is 24.8. The highest BCUT2D eigenvalue weighted by Crippen LogP contribution is 2.38. The van der Waals surface area contributed by atoms with Gasteiger partial charge in [0, 0.05) is 50.0 Å². The largest absolute Gasteiger partial charge is 0.496 e. The van der Waals surface area contributed by atoms with Crippen LogP contribution in [0.1, 0.15) is 33.5 Å². The predicted molar refractivity (Wildman–Crippen MR) is 164 cm³/mol. The Kier molecular flexibility index (Phi) is 8.40. The number of hydrogen-bond donors (Lipinski definition) is 2. The van der Waals surface area contributed by atoms with E-state index in [1.807, 2.05) is 62.2 Å². The third kappa shape index (κ3) is 5.91. The number of hydrogen-bond acceptors (Lipinski definition) is 6. The highest BCUT2D eigenvalue weighted by atomic mass is 19.1. The van der Waals surface area contributed by atoms with Gasteiger partial charge in [-0.25, -0.2) is 9.37 Å². The van der Waals surface area contributed by atoms with E-state index in [1.54, 1.807) is 13.1 Å². The van der Waals surface area contributed by atoms with Gasteiger partial charge in [-0.15, -0.1) is 0 Å². The number of methoxy groups -OCH3 is 1. The molecular formula is C33H34FN5O4. The highest BCUT2D eigenvalue weighted by Gasteiger charge is 2.27. The second-order valence-corrected chi connectivity index (χ2v) is 10.8. The molecule has 1 aromatic heterocycles. The number of halogens is 1. The molecule has 0 radical (unpaired) electrons. The first-order valence-electron chi connectivity index (χ1n) is 13.9. The number of rotatable bonds is 8. The summed E-state index contributed by atoms with van der Waals surface area (Å²) in [5.41, 5.74) is 5.59. The number of ether oxygens (including phenoxy) is 1. The zero-order valence-electron chi connectivity index (χ0n) is 24.8. The molecule has 222 valence electrons. The first-order chi connectivity index (χ1) is 20.6. The average Bonchev–Trinajstić information content (AvgIpc) is 3.43. The Morgan fingerprint density at radius 3 is 2.51 bits per heavy atom. The van der Waals surface area contributed by atoms with Gasteiger partial charge < -0.3 is 19.9 Å². The van der Waals surface area contributed by atoms with Crippen molar-refractivity contribution in [1.82, 2.24) is 19.8 Å². The molecule has 1 aliphatic rings. The number of anilines is 1. The van der Waals surface area contributed by atoms with E-state index in [0.29, 0.717) is 42.1 Å². The molecule has 1 unspecified atom stereocenters. The number of amides is 2. The standard InChI is InChI=1S/C33H34FN5O4/c1-19-23(21-12-28(34)27(30(13-21)43-5)17-38(3)22-14-31(40)36-15-22)8-6-9-24(19)25-10-7-11-29(20(25)2)37-32(41)26-16-35-18-39(4)33(26)42/h6-13,16,18,22H,14-15,17H2,1-5H3,(H,36,40)(H,37,41). The van der Waals surface area contributed by atoms with Gasteiger partial charge in [0.15, 0.2) is 0 Å². The molecule has 43 heavy (non-hydrogen) atoms. The lowest BCUT2D eigenvalue weighted by Crippen LogP contribution is -2.33. The van der Waals surface area contributed by atoms with Gasteiger partial charge in [-0.3, -0.25) is 19.3 Å². The lowest BCUT2D eigenvalue weighted by atomic mass is 9.90. The molecule has 10 heteroatoms. The van der Waals surface area contributed by atoms with Gasteiger partial charge in [0.1, 0.15) is 17.1 Å². The van der Waals surface area contributed by atoms with Crippen LogP contribution in [0.25, 0.3) is 22.3 Å². The lowest BCUT2D eigenvalue weighted by molar-refractivity contribution is -0.119. The van der Waals surface area contributed by atoms with Crippen molar-refractivity contribution in [1.29, 1.82) is 0 Å². The summed E-state index contributed by atoms with van der Waals surface area (Å²) >= 11 is 0. The minimum Gasteiger partial charge on any atom is -0.496 e. The molecule has 1 fully saturated rings. The molecule has 3 aromatic carbocycles. The summed E-state index contributed by atoms with van der Waals surface area (Å²) in [6.07, 6.45) is 3.00. The molecule has 1 saturated heterocycles. The number of nitrogens with one attached hydrogen (secondary N) is 2. The van der Waals surface area contributed by atoms with Crippen LogP contribution >= 0.6 is 0 Å². The van der Waals surface area contributed by atoms with Crippen molar-refractivity contribution < 1.29 is 18.7 Å². The number of benzene rings is 3. The summed E-state index contributed by atoms with van der Waals surface area (Å²) in [4.78, 5) is 42.9. The van der Waals surface area contributed by atoms with Gasteiger partial charge in [0.25, 0.3) is 11.5 Å². The maximum absolute atomic E-state index is 15.6. The second kappa shape index (κ2) is 12.2. The van der Waals surface area contributed by atoms with Gasteiger partial charge in [0.05, 0.1) is 13.4 Å². The molecule has 2 heterocycles. The number of aryl methyl sites for hydroxylation is 1. The molecule has 2 N–H and O–H groups in total. The van der Waals surface area contributed by atoms with Gasteiger partial charge in [-0.1, -0.05) is 30.3 Å². The summed E-state index contributed by atoms with van der Waals surface area (Å²) in [5, 5.41) is 5.67. The maximum Gasteiger partial charge on any atom is 0.265 e. The van der Waals surface area contributed by atoms with Crippen LogP contribution in [0, 0.1) is 19.7 Å². The Bertz CT molecular complexity index is 1780. The first-order valence-corrected chi connectivity index (χ1v) is 13.9. The monoisotopic (exact) mass is 583 g/mol. The van der Waals surface area contributed by atoms with Crippen LogP contribution in [0.3, 0.4) is 0 Å². The van der Waals surface area contributed by atoms with E-state index in [2.05, 4.69) is 15.6 Å². The quantitative estimate of drug-likeness (QED) is 0.318.